The van der Waals surface area contributed by atoms with Crippen molar-refractivity contribution in [2.24, 2.45) is 0 Å². The van der Waals surface area contributed by atoms with E-state index in [1.54, 1.807) is 0 Å². The van der Waals surface area contributed by atoms with Gasteiger partial charge in [0.25, 0.3) is 0 Å². The van der Waals surface area contributed by atoms with Gasteiger partial charge in [-0.1, -0.05) is 41.9 Å². The molecule has 1 saturated carbocycles. The van der Waals surface area contributed by atoms with Crippen LogP contribution in [0.3, 0.4) is 0 Å². The van der Waals surface area contributed by atoms with E-state index in [9.17, 15) is 4.79 Å². The highest BCUT2D eigenvalue weighted by molar-refractivity contribution is 6.30. The van der Waals surface area contributed by atoms with E-state index in [-0.39, 0.29) is 11.3 Å². The Balaban J connectivity index is 1.87. The van der Waals surface area contributed by atoms with Crippen LogP contribution in [0.15, 0.2) is 42.5 Å². The molecule has 0 heterocycles. The number of para-hydroxylation sites is 1. The lowest BCUT2D eigenvalue weighted by atomic mass is 9.94. The van der Waals surface area contributed by atoms with E-state index in [2.05, 4.69) is 5.32 Å². The molecule has 2 aromatic carbocycles. The first-order valence-electron chi connectivity index (χ1n) is 7.17. The fraction of sp³-hybridized carbons (Fsp3) is 0.278. The molecule has 1 aliphatic rings. The molecule has 21 heavy (non-hydrogen) atoms. The van der Waals surface area contributed by atoms with E-state index < -0.39 is 0 Å². The summed E-state index contributed by atoms with van der Waals surface area (Å²) in [6, 6.07) is 13.7. The monoisotopic (exact) mass is 299 g/mol. The molecule has 0 unspecified atom stereocenters. The molecule has 0 aromatic heterocycles. The van der Waals surface area contributed by atoms with Crippen molar-refractivity contribution in [1.29, 1.82) is 0 Å². The van der Waals surface area contributed by atoms with Crippen molar-refractivity contribution in [3.63, 3.8) is 0 Å². The third-order valence-electron chi connectivity index (χ3n) is 4.30. The lowest BCUT2D eigenvalue weighted by Gasteiger charge is -2.18. The van der Waals surface area contributed by atoms with Crippen LogP contribution in [-0.2, 0) is 10.2 Å². The first-order chi connectivity index (χ1) is 10.0. The van der Waals surface area contributed by atoms with Crippen LogP contribution in [0.5, 0.6) is 0 Å². The Labute approximate surface area is 130 Å². The second kappa shape index (κ2) is 5.19. The van der Waals surface area contributed by atoms with Gasteiger partial charge in [-0.25, -0.2) is 0 Å². The first kappa shape index (κ1) is 14.2. The quantitative estimate of drug-likeness (QED) is 0.880. The van der Waals surface area contributed by atoms with Gasteiger partial charge in [-0.3, -0.25) is 4.79 Å². The maximum Gasteiger partial charge on any atom is 0.235 e. The van der Waals surface area contributed by atoms with Crippen molar-refractivity contribution >= 4 is 23.2 Å². The van der Waals surface area contributed by atoms with Gasteiger partial charge in [0, 0.05) is 10.7 Å². The maximum atomic E-state index is 12.7. The van der Waals surface area contributed by atoms with Crippen molar-refractivity contribution in [1.82, 2.24) is 0 Å². The molecular formula is C18H18ClNO. The molecule has 0 radical (unpaired) electrons. The molecule has 1 fully saturated rings. The van der Waals surface area contributed by atoms with Gasteiger partial charge >= 0.3 is 0 Å². The van der Waals surface area contributed by atoms with Crippen LogP contribution < -0.4 is 5.32 Å². The van der Waals surface area contributed by atoms with Crippen LogP contribution in [0.4, 0.5) is 5.69 Å². The Hall–Kier alpha value is -1.80. The number of carbonyl (C=O) groups excluding carboxylic acids is 1. The van der Waals surface area contributed by atoms with Gasteiger partial charge in [-0.2, -0.15) is 0 Å². The zero-order valence-electron chi connectivity index (χ0n) is 12.2. The molecule has 2 aromatic rings. The highest BCUT2D eigenvalue weighted by Crippen LogP contribution is 2.49. The maximum absolute atomic E-state index is 12.7. The third kappa shape index (κ3) is 2.56. The standard InChI is InChI=1S/C18H18ClNO/c1-12-4-3-5-13(2)16(12)20-17(21)18(10-11-18)14-6-8-15(19)9-7-14/h3-9H,10-11H2,1-2H3,(H,20,21). The van der Waals surface area contributed by atoms with Gasteiger partial charge in [0.1, 0.15) is 0 Å². The summed E-state index contributed by atoms with van der Waals surface area (Å²) in [7, 11) is 0. The second-order valence-electron chi connectivity index (χ2n) is 5.81. The SMILES string of the molecule is Cc1cccc(C)c1NC(=O)C1(c2ccc(Cl)cc2)CC1. The van der Waals surface area contributed by atoms with Crippen LogP contribution in [0, 0.1) is 13.8 Å². The lowest BCUT2D eigenvalue weighted by molar-refractivity contribution is -0.118. The number of benzene rings is 2. The Bertz CT molecular complexity index is 667. The van der Waals surface area contributed by atoms with Crippen LogP contribution in [0.2, 0.25) is 5.02 Å². The molecule has 1 aliphatic carbocycles. The number of anilines is 1. The van der Waals surface area contributed by atoms with Gasteiger partial charge in [0.2, 0.25) is 5.91 Å². The predicted molar refractivity (Wildman–Crippen MR) is 86.9 cm³/mol. The summed E-state index contributed by atoms with van der Waals surface area (Å²) in [4.78, 5) is 12.7. The molecule has 0 atom stereocenters. The number of nitrogens with one attached hydrogen (secondary N) is 1. The number of rotatable bonds is 3. The fourth-order valence-electron chi connectivity index (χ4n) is 2.79. The molecule has 1 amide bonds. The number of amides is 1. The summed E-state index contributed by atoms with van der Waals surface area (Å²) in [5, 5.41) is 3.82. The largest absolute Gasteiger partial charge is 0.325 e. The molecule has 0 aliphatic heterocycles. The summed E-state index contributed by atoms with van der Waals surface area (Å²) in [5.41, 5.74) is 3.79. The Kier molecular flexibility index (Phi) is 3.50. The Morgan fingerprint density at radius 2 is 1.62 bits per heavy atom. The highest BCUT2D eigenvalue weighted by Gasteiger charge is 2.51. The van der Waals surface area contributed by atoms with Crippen LogP contribution in [-0.4, -0.2) is 5.91 Å². The van der Waals surface area contributed by atoms with Crippen molar-refractivity contribution in [3.05, 3.63) is 64.2 Å². The van der Waals surface area contributed by atoms with Crippen LogP contribution in [0.1, 0.15) is 29.5 Å². The average molecular weight is 300 g/mol. The number of hydrogen-bond donors (Lipinski definition) is 1. The van der Waals surface area contributed by atoms with Gasteiger partial charge in [0.15, 0.2) is 0 Å². The first-order valence-corrected chi connectivity index (χ1v) is 7.54. The number of aryl methyl sites for hydroxylation is 2. The van der Waals surface area contributed by atoms with Crippen LogP contribution in [0.25, 0.3) is 0 Å². The molecule has 108 valence electrons. The molecule has 3 rings (SSSR count). The van der Waals surface area contributed by atoms with E-state index in [0.717, 1.165) is 35.2 Å². The average Bonchev–Trinajstić information content (AvgIpc) is 3.25. The molecule has 0 bridgehead atoms. The minimum absolute atomic E-state index is 0.0854. The second-order valence-corrected chi connectivity index (χ2v) is 6.25. The highest BCUT2D eigenvalue weighted by atomic mass is 35.5. The summed E-state index contributed by atoms with van der Waals surface area (Å²) in [6.07, 6.45) is 1.79. The van der Waals surface area contributed by atoms with Gasteiger partial charge in [-0.05, 0) is 55.5 Å². The smallest absolute Gasteiger partial charge is 0.235 e. The van der Waals surface area contributed by atoms with Gasteiger partial charge in [0.05, 0.1) is 5.41 Å². The van der Waals surface area contributed by atoms with Crippen molar-refractivity contribution in [2.75, 3.05) is 5.32 Å². The summed E-state index contributed by atoms with van der Waals surface area (Å²) >= 11 is 5.93. The van der Waals surface area contributed by atoms with Gasteiger partial charge in [-0.15, -0.1) is 0 Å². The molecule has 1 N–H and O–H groups in total. The van der Waals surface area contributed by atoms with E-state index >= 15 is 0 Å². The molecule has 3 heteroatoms. The molecule has 2 nitrogen and oxygen atoms in total. The zero-order chi connectivity index (χ0) is 15.0. The summed E-state index contributed by atoms with van der Waals surface area (Å²) in [5.74, 6) is 0.0854. The van der Waals surface area contributed by atoms with E-state index in [4.69, 9.17) is 11.6 Å². The minimum Gasteiger partial charge on any atom is -0.325 e. The third-order valence-corrected chi connectivity index (χ3v) is 4.55. The number of hydrogen-bond acceptors (Lipinski definition) is 1. The van der Waals surface area contributed by atoms with E-state index in [1.165, 1.54) is 0 Å². The summed E-state index contributed by atoms with van der Waals surface area (Å²) in [6.45, 7) is 4.04. The normalized spacial score (nSPS) is 15.6. The minimum atomic E-state index is -0.376. The molecular weight excluding hydrogens is 282 g/mol. The zero-order valence-corrected chi connectivity index (χ0v) is 13.0. The number of halogens is 1. The predicted octanol–water partition coefficient (Wildman–Crippen LogP) is 4.63. The van der Waals surface area contributed by atoms with Gasteiger partial charge < -0.3 is 5.32 Å². The van der Waals surface area contributed by atoms with Crippen LogP contribution >= 0.6 is 11.6 Å². The Morgan fingerprint density at radius 1 is 1.05 bits per heavy atom. The van der Waals surface area contributed by atoms with Crippen molar-refractivity contribution in [3.8, 4) is 0 Å². The molecule has 0 saturated heterocycles. The van der Waals surface area contributed by atoms with E-state index in [1.807, 2.05) is 56.3 Å². The Morgan fingerprint density at radius 3 is 2.14 bits per heavy atom. The molecule has 0 spiro atoms. The van der Waals surface area contributed by atoms with Crippen molar-refractivity contribution in [2.45, 2.75) is 32.1 Å². The fourth-order valence-corrected chi connectivity index (χ4v) is 2.91. The van der Waals surface area contributed by atoms with E-state index in [0.29, 0.717) is 5.02 Å². The topological polar surface area (TPSA) is 29.1 Å². The summed E-state index contributed by atoms with van der Waals surface area (Å²) < 4.78 is 0. The number of carbonyl (C=O) groups is 1. The van der Waals surface area contributed by atoms with Crippen molar-refractivity contribution < 1.29 is 4.79 Å². The lowest BCUT2D eigenvalue weighted by Crippen LogP contribution is -2.28.